The molecule has 1 aromatic carbocycles. The van der Waals surface area contributed by atoms with Gasteiger partial charge in [-0.3, -0.25) is 0 Å². The quantitative estimate of drug-likeness (QED) is 0.873. The molecular weight excluding hydrogens is 262 g/mol. The van der Waals surface area contributed by atoms with E-state index in [9.17, 15) is 0 Å². The van der Waals surface area contributed by atoms with E-state index in [4.69, 9.17) is 4.74 Å². The monoisotopic (exact) mass is 285 g/mol. The summed E-state index contributed by atoms with van der Waals surface area (Å²) in [5.74, 6) is 2.58. The Morgan fingerprint density at radius 1 is 1.19 bits per heavy atom. The minimum absolute atomic E-state index is 0.161. The second-order valence-corrected chi connectivity index (χ2v) is 5.25. The lowest BCUT2D eigenvalue weighted by Crippen LogP contribution is -2.05. The summed E-state index contributed by atoms with van der Waals surface area (Å²) in [7, 11) is 1.88. The molecule has 0 aliphatic heterocycles. The van der Waals surface area contributed by atoms with Gasteiger partial charge in [0.1, 0.15) is 17.4 Å². The smallest absolute Gasteiger partial charge is 0.131 e. The molecule has 1 N–H and O–H groups in total. The van der Waals surface area contributed by atoms with Gasteiger partial charge in [0.15, 0.2) is 0 Å². The van der Waals surface area contributed by atoms with Crippen LogP contribution in [0.25, 0.3) is 11.3 Å². The molecule has 2 rings (SSSR count). The minimum atomic E-state index is 0.161. The highest BCUT2D eigenvalue weighted by atomic mass is 16.5. The maximum absolute atomic E-state index is 5.75. The highest BCUT2D eigenvalue weighted by molar-refractivity contribution is 5.64. The Hall–Kier alpha value is -2.10. The molecule has 0 aliphatic rings. The Balaban J connectivity index is 2.38. The van der Waals surface area contributed by atoms with E-state index < -0.39 is 0 Å². The number of hydrogen-bond donors (Lipinski definition) is 1. The fourth-order valence-electron chi connectivity index (χ4n) is 2.11. The molecule has 0 amide bonds. The van der Waals surface area contributed by atoms with Crippen molar-refractivity contribution in [1.82, 2.24) is 9.97 Å². The summed E-state index contributed by atoms with van der Waals surface area (Å²) in [6.07, 6.45) is 2.07. The van der Waals surface area contributed by atoms with Gasteiger partial charge in [0, 0.05) is 25.1 Å². The van der Waals surface area contributed by atoms with Crippen LogP contribution in [0.5, 0.6) is 5.75 Å². The SMILES string of the molecule is CCCc1nc(NC)cc(-c2cccc(OC(C)C)c2)n1. The first kappa shape index (κ1) is 15.3. The van der Waals surface area contributed by atoms with Crippen LogP contribution < -0.4 is 10.1 Å². The first-order valence-corrected chi connectivity index (χ1v) is 7.45. The van der Waals surface area contributed by atoms with Crippen LogP contribution in [-0.4, -0.2) is 23.1 Å². The number of benzene rings is 1. The van der Waals surface area contributed by atoms with Crippen molar-refractivity contribution < 1.29 is 4.74 Å². The molecule has 2 aromatic rings. The van der Waals surface area contributed by atoms with Gasteiger partial charge < -0.3 is 10.1 Å². The third-order valence-electron chi connectivity index (χ3n) is 3.00. The van der Waals surface area contributed by atoms with Crippen LogP contribution in [0.3, 0.4) is 0 Å². The summed E-state index contributed by atoms with van der Waals surface area (Å²) < 4.78 is 5.75. The van der Waals surface area contributed by atoms with E-state index in [2.05, 4.69) is 22.2 Å². The normalized spacial score (nSPS) is 10.7. The molecule has 4 heteroatoms. The Kier molecular flexibility index (Phi) is 5.14. The minimum Gasteiger partial charge on any atom is -0.491 e. The number of rotatable bonds is 6. The predicted octanol–water partition coefficient (Wildman–Crippen LogP) is 3.93. The summed E-state index contributed by atoms with van der Waals surface area (Å²) in [6.45, 7) is 6.18. The summed E-state index contributed by atoms with van der Waals surface area (Å²) in [4.78, 5) is 9.14. The number of aryl methyl sites for hydroxylation is 1. The van der Waals surface area contributed by atoms with Crippen molar-refractivity contribution in [3.8, 4) is 17.0 Å². The Morgan fingerprint density at radius 3 is 2.67 bits per heavy atom. The number of hydrogen-bond acceptors (Lipinski definition) is 4. The molecule has 0 unspecified atom stereocenters. The van der Waals surface area contributed by atoms with Crippen molar-refractivity contribution in [1.29, 1.82) is 0 Å². The van der Waals surface area contributed by atoms with E-state index >= 15 is 0 Å². The van der Waals surface area contributed by atoms with Gasteiger partial charge in [-0.15, -0.1) is 0 Å². The Labute approximate surface area is 126 Å². The fraction of sp³-hybridized carbons (Fsp3) is 0.412. The van der Waals surface area contributed by atoms with E-state index in [0.717, 1.165) is 41.5 Å². The average Bonchev–Trinajstić information content (AvgIpc) is 2.47. The number of aromatic nitrogens is 2. The molecule has 0 atom stereocenters. The molecule has 0 radical (unpaired) electrons. The summed E-state index contributed by atoms with van der Waals surface area (Å²) in [5.41, 5.74) is 1.97. The molecule has 0 saturated heterocycles. The molecule has 21 heavy (non-hydrogen) atoms. The van der Waals surface area contributed by atoms with E-state index in [1.807, 2.05) is 51.2 Å². The van der Waals surface area contributed by atoms with Gasteiger partial charge in [-0.2, -0.15) is 0 Å². The zero-order chi connectivity index (χ0) is 15.2. The first-order valence-electron chi connectivity index (χ1n) is 7.45. The molecule has 112 valence electrons. The van der Waals surface area contributed by atoms with Crippen molar-refractivity contribution >= 4 is 5.82 Å². The van der Waals surface area contributed by atoms with Crippen LogP contribution in [0.2, 0.25) is 0 Å². The fourth-order valence-corrected chi connectivity index (χ4v) is 2.11. The second-order valence-electron chi connectivity index (χ2n) is 5.25. The van der Waals surface area contributed by atoms with Gasteiger partial charge in [-0.1, -0.05) is 19.1 Å². The molecule has 0 saturated carbocycles. The number of nitrogens with one attached hydrogen (secondary N) is 1. The van der Waals surface area contributed by atoms with Gasteiger partial charge in [0.25, 0.3) is 0 Å². The predicted molar refractivity (Wildman–Crippen MR) is 86.8 cm³/mol. The molecular formula is C17H23N3O. The molecule has 0 spiro atoms. The highest BCUT2D eigenvalue weighted by Gasteiger charge is 2.07. The van der Waals surface area contributed by atoms with Crippen LogP contribution in [0, 0.1) is 0 Å². The van der Waals surface area contributed by atoms with Crippen molar-refractivity contribution in [2.24, 2.45) is 0 Å². The van der Waals surface area contributed by atoms with Gasteiger partial charge in [-0.25, -0.2) is 9.97 Å². The van der Waals surface area contributed by atoms with Gasteiger partial charge in [0.2, 0.25) is 0 Å². The summed E-state index contributed by atoms with van der Waals surface area (Å²) in [5, 5.41) is 3.10. The lowest BCUT2D eigenvalue weighted by atomic mass is 10.1. The molecule has 0 bridgehead atoms. The van der Waals surface area contributed by atoms with Crippen molar-refractivity contribution in [3.63, 3.8) is 0 Å². The molecule has 1 aromatic heterocycles. The van der Waals surface area contributed by atoms with Crippen molar-refractivity contribution in [2.75, 3.05) is 12.4 Å². The zero-order valence-electron chi connectivity index (χ0n) is 13.2. The lowest BCUT2D eigenvalue weighted by Gasteiger charge is -2.12. The van der Waals surface area contributed by atoms with Gasteiger partial charge in [0.05, 0.1) is 11.8 Å². The second kappa shape index (κ2) is 7.07. The molecule has 4 nitrogen and oxygen atoms in total. The van der Waals surface area contributed by atoms with Crippen molar-refractivity contribution in [3.05, 3.63) is 36.2 Å². The summed E-state index contributed by atoms with van der Waals surface area (Å²) in [6, 6.07) is 10.0. The zero-order valence-corrected chi connectivity index (χ0v) is 13.2. The average molecular weight is 285 g/mol. The van der Waals surface area contributed by atoms with E-state index in [1.165, 1.54) is 0 Å². The summed E-state index contributed by atoms with van der Waals surface area (Å²) >= 11 is 0. The van der Waals surface area contributed by atoms with Crippen molar-refractivity contribution in [2.45, 2.75) is 39.7 Å². The Morgan fingerprint density at radius 2 is 2.00 bits per heavy atom. The first-order chi connectivity index (χ1) is 10.1. The van der Waals surface area contributed by atoms with Crippen LogP contribution in [0.1, 0.15) is 33.0 Å². The number of nitrogens with zero attached hydrogens (tertiary/aromatic N) is 2. The topological polar surface area (TPSA) is 47.0 Å². The van der Waals surface area contributed by atoms with Crippen LogP contribution in [0.4, 0.5) is 5.82 Å². The van der Waals surface area contributed by atoms with E-state index in [0.29, 0.717) is 0 Å². The van der Waals surface area contributed by atoms with Gasteiger partial charge >= 0.3 is 0 Å². The number of anilines is 1. The highest BCUT2D eigenvalue weighted by Crippen LogP contribution is 2.25. The maximum Gasteiger partial charge on any atom is 0.131 e. The van der Waals surface area contributed by atoms with Gasteiger partial charge in [-0.05, 0) is 32.4 Å². The maximum atomic E-state index is 5.75. The largest absolute Gasteiger partial charge is 0.491 e. The Bertz CT molecular complexity index is 596. The van der Waals surface area contributed by atoms with Crippen LogP contribution in [0.15, 0.2) is 30.3 Å². The van der Waals surface area contributed by atoms with E-state index in [-0.39, 0.29) is 6.10 Å². The molecule has 0 aliphatic carbocycles. The number of ether oxygens (including phenoxy) is 1. The molecule has 0 fully saturated rings. The lowest BCUT2D eigenvalue weighted by molar-refractivity contribution is 0.242. The van der Waals surface area contributed by atoms with Crippen LogP contribution >= 0.6 is 0 Å². The van der Waals surface area contributed by atoms with E-state index in [1.54, 1.807) is 0 Å². The third-order valence-corrected chi connectivity index (χ3v) is 3.00. The molecule has 1 heterocycles. The van der Waals surface area contributed by atoms with Crippen LogP contribution in [-0.2, 0) is 6.42 Å². The standard InChI is InChI=1S/C17H23N3O/c1-5-7-16-19-15(11-17(18-4)20-16)13-8-6-9-14(10-13)21-12(2)3/h6,8-12H,5,7H2,1-4H3,(H,18,19,20). The third kappa shape index (κ3) is 4.18.